The number of benzene rings is 1. The molecule has 0 bridgehead atoms. The third-order valence-electron chi connectivity index (χ3n) is 3.27. The Morgan fingerprint density at radius 1 is 1.39 bits per heavy atom. The van der Waals surface area contributed by atoms with Gasteiger partial charge in [0.05, 0.1) is 0 Å². The average Bonchev–Trinajstić information content (AvgIpc) is 2.26. The van der Waals surface area contributed by atoms with Crippen LogP contribution in [0.2, 0.25) is 0 Å². The molecular weight excluding hydrogens is 231 g/mol. The van der Waals surface area contributed by atoms with Gasteiger partial charge in [0.15, 0.2) is 11.6 Å². The molecule has 3 nitrogen and oxygen atoms in total. The van der Waals surface area contributed by atoms with Gasteiger partial charge in [-0.15, -0.1) is 0 Å². The van der Waals surface area contributed by atoms with E-state index in [0.29, 0.717) is 12.2 Å². The number of nitrogens with two attached hydrogens (primary N) is 1. The lowest BCUT2D eigenvalue weighted by molar-refractivity contribution is 0.110. The summed E-state index contributed by atoms with van der Waals surface area (Å²) in [6.45, 7) is 6.30. The van der Waals surface area contributed by atoms with Crippen LogP contribution in [0.15, 0.2) is 18.2 Å². The minimum atomic E-state index is -0.362. The molecule has 0 spiro atoms. The topological polar surface area (TPSA) is 38.5 Å². The second-order valence-electron chi connectivity index (χ2n) is 5.44. The Labute approximate surface area is 109 Å². The molecule has 1 aromatic carbocycles. The fourth-order valence-corrected chi connectivity index (χ4v) is 1.41. The largest absolute Gasteiger partial charge is 0.488 e. The summed E-state index contributed by atoms with van der Waals surface area (Å²) in [4.78, 5) is 2.04. The van der Waals surface area contributed by atoms with Crippen LogP contribution >= 0.6 is 0 Å². The predicted octanol–water partition coefficient (Wildman–Crippen LogP) is 2.56. The minimum absolute atomic E-state index is 0.169. The van der Waals surface area contributed by atoms with Crippen molar-refractivity contribution in [3.63, 3.8) is 0 Å². The molecule has 4 heteroatoms. The van der Waals surface area contributed by atoms with Gasteiger partial charge in [-0.1, -0.05) is 12.1 Å². The summed E-state index contributed by atoms with van der Waals surface area (Å²) >= 11 is 0. The fourth-order valence-electron chi connectivity index (χ4n) is 1.41. The van der Waals surface area contributed by atoms with Gasteiger partial charge in [-0.2, -0.15) is 0 Å². The van der Waals surface area contributed by atoms with E-state index >= 15 is 0 Å². The zero-order chi connectivity index (χ0) is 13.9. The molecule has 0 aliphatic heterocycles. The van der Waals surface area contributed by atoms with Crippen LogP contribution in [0.4, 0.5) is 4.39 Å². The van der Waals surface area contributed by atoms with Crippen LogP contribution in [0, 0.1) is 5.82 Å². The fraction of sp³-hybridized carbons (Fsp3) is 0.571. The quantitative estimate of drug-likeness (QED) is 0.877. The van der Waals surface area contributed by atoms with E-state index in [0.717, 1.165) is 0 Å². The molecule has 102 valence electrons. The van der Waals surface area contributed by atoms with Gasteiger partial charge in [-0.05, 0) is 40.9 Å². The SMILES string of the molecule is C[C@@H](N)c1cccc(F)c1OCC(C)(C)N(C)C. The first kappa shape index (κ1) is 14.9. The monoisotopic (exact) mass is 254 g/mol. The van der Waals surface area contributed by atoms with Crippen molar-refractivity contribution < 1.29 is 9.13 Å². The van der Waals surface area contributed by atoms with Crippen LogP contribution in [0.1, 0.15) is 32.4 Å². The van der Waals surface area contributed by atoms with Gasteiger partial charge in [0.1, 0.15) is 6.61 Å². The lowest BCUT2D eigenvalue weighted by atomic mass is 10.1. The van der Waals surface area contributed by atoms with E-state index in [1.54, 1.807) is 12.1 Å². The highest BCUT2D eigenvalue weighted by Gasteiger charge is 2.23. The second-order valence-corrected chi connectivity index (χ2v) is 5.44. The third kappa shape index (κ3) is 3.43. The molecule has 0 aromatic heterocycles. The van der Waals surface area contributed by atoms with E-state index in [9.17, 15) is 4.39 Å². The highest BCUT2D eigenvalue weighted by atomic mass is 19.1. The molecule has 18 heavy (non-hydrogen) atoms. The molecule has 1 rings (SSSR count). The van der Waals surface area contributed by atoms with Gasteiger partial charge < -0.3 is 15.4 Å². The Bertz CT molecular complexity index is 403. The Morgan fingerprint density at radius 2 is 2.00 bits per heavy atom. The molecule has 0 saturated carbocycles. The highest BCUT2D eigenvalue weighted by Crippen LogP contribution is 2.28. The number of rotatable bonds is 5. The summed E-state index contributed by atoms with van der Waals surface area (Å²) in [7, 11) is 3.94. The van der Waals surface area contributed by atoms with Crippen LogP contribution in [-0.2, 0) is 0 Å². The van der Waals surface area contributed by atoms with E-state index in [2.05, 4.69) is 0 Å². The molecule has 0 fully saturated rings. The van der Waals surface area contributed by atoms with Crippen molar-refractivity contribution in [1.29, 1.82) is 0 Å². The molecule has 2 N–H and O–H groups in total. The van der Waals surface area contributed by atoms with E-state index < -0.39 is 0 Å². The Morgan fingerprint density at radius 3 is 2.50 bits per heavy atom. The number of likely N-dealkylation sites (N-methyl/N-ethyl adjacent to an activating group) is 1. The van der Waals surface area contributed by atoms with Gasteiger partial charge in [0.25, 0.3) is 0 Å². The summed E-state index contributed by atoms with van der Waals surface area (Å²) in [5.74, 6) is -0.0956. The maximum absolute atomic E-state index is 13.8. The first-order valence-electron chi connectivity index (χ1n) is 6.10. The Hall–Kier alpha value is -1.13. The normalized spacial score (nSPS) is 13.8. The van der Waals surface area contributed by atoms with E-state index in [4.69, 9.17) is 10.5 Å². The Kier molecular flexibility index (Phi) is 4.71. The van der Waals surface area contributed by atoms with Crippen LogP contribution in [0.3, 0.4) is 0 Å². The van der Waals surface area contributed by atoms with Crippen molar-refractivity contribution in [2.75, 3.05) is 20.7 Å². The first-order chi connectivity index (χ1) is 8.25. The summed E-state index contributed by atoms with van der Waals surface area (Å²) < 4.78 is 19.5. The van der Waals surface area contributed by atoms with Crippen molar-refractivity contribution in [2.24, 2.45) is 5.73 Å². The van der Waals surface area contributed by atoms with Gasteiger partial charge in [0.2, 0.25) is 0 Å². The van der Waals surface area contributed by atoms with Gasteiger partial charge in [-0.3, -0.25) is 0 Å². The minimum Gasteiger partial charge on any atom is -0.488 e. The van der Waals surface area contributed by atoms with Crippen LogP contribution in [-0.4, -0.2) is 31.1 Å². The third-order valence-corrected chi connectivity index (χ3v) is 3.27. The smallest absolute Gasteiger partial charge is 0.165 e. The highest BCUT2D eigenvalue weighted by molar-refractivity contribution is 5.37. The summed E-state index contributed by atoms with van der Waals surface area (Å²) in [5.41, 5.74) is 6.35. The van der Waals surface area contributed by atoms with Crippen LogP contribution in [0.5, 0.6) is 5.75 Å². The molecule has 0 radical (unpaired) electrons. The second kappa shape index (κ2) is 5.67. The Balaban J connectivity index is 2.91. The van der Waals surface area contributed by atoms with Crippen LogP contribution < -0.4 is 10.5 Å². The van der Waals surface area contributed by atoms with E-state index in [1.807, 2.05) is 39.8 Å². The molecule has 1 atom stereocenters. The van der Waals surface area contributed by atoms with E-state index in [1.165, 1.54) is 6.07 Å². The zero-order valence-electron chi connectivity index (χ0n) is 11.8. The lowest BCUT2D eigenvalue weighted by Crippen LogP contribution is -2.43. The predicted molar refractivity (Wildman–Crippen MR) is 72.3 cm³/mol. The molecule has 0 aliphatic rings. The zero-order valence-corrected chi connectivity index (χ0v) is 11.8. The summed E-state index contributed by atoms with van der Waals surface area (Å²) in [5, 5.41) is 0. The van der Waals surface area contributed by atoms with Crippen molar-refractivity contribution in [3.8, 4) is 5.75 Å². The standard InChI is InChI=1S/C14H23FN2O/c1-10(16)11-7-6-8-12(15)13(11)18-9-14(2,3)17(4)5/h6-8,10H,9,16H2,1-5H3/t10-/m1/s1. The van der Waals surface area contributed by atoms with Gasteiger partial charge >= 0.3 is 0 Å². The molecule has 0 aliphatic carbocycles. The number of nitrogens with zero attached hydrogens (tertiary/aromatic N) is 1. The van der Waals surface area contributed by atoms with Crippen molar-refractivity contribution in [2.45, 2.75) is 32.4 Å². The average molecular weight is 254 g/mol. The number of hydrogen-bond acceptors (Lipinski definition) is 3. The summed E-state index contributed by atoms with van der Waals surface area (Å²) in [6, 6.07) is 4.59. The number of ether oxygens (including phenoxy) is 1. The maximum Gasteiger partial charge on any atom is 0.165 e. The molecule has 0 unspecified atom stereocenters. The van der Waals surface area contributed by atoms with E-state index in [-0.39, 0.29) is 23.1 Å². The van der Waals surface area contributed by atoms with Gasteiger partial charge in [0, 0.05) is 17.1 Å². The van der Waals surface area contributed by atoms with Crippen molar-refractivity contribution >= 4 is 0 Å². The van der Waals surface area contributed by atoms with Crippen molar-refractivity contribution in [3.05, 3.63) is 29.6 Å². The number of halogens is 1. The molecular formula is C14H23FN2O. The molecule has 0 amide bonds. The molecule has 1 aromatic rings. The molecule has 0 heterocycles. The van der Waals surface area contributed by atoms with Crippen LogP contribution in [0.25, 0.3) is 0 Å². The number of hydrogen-bond donors (Lipinski definition) is 1. The number of para-hydroxylation sites is 1. The van der Waals surface area contributed by atoms with Crippen molar-refractivity contribution in [1.82, 2.24) is 4.90 Å². The molecule has 0 saturated heterocycles. The lowest BCUT2D eigenvalue weighted by Gasteiger charge is -2.32. The van der Waals surface area contributed by atoms with Gasteiger partial charge in [-0.25, -0.2) is 4.39 Å². The first-order valence-corrected chi connectivity index (χ1v) is 6.10. The maximum atomic E-state index is 13.8. The summed E-state index contributed by atoms with van der Waals surface area (Å²) in [6.07, 6.45) is 0.